The zero-order valence-electron chi connectivity index (χ0n) is 10.3. The fourth-order valence-electron chi connectivity index (χ4n) is 2.38. The summed E-state index contributed by atoms with van der Waals surface area (Å²) in [6.07, 6.45) is 4.25. The molecule has 1 aromatic rings. The van der Waals surface area contributed by atoms with Crippen LogP contribution in [0.5, 0.6) is 0 Å². The monoisotopic (exact) mass is 251 g/mol. The van der Waals surface area contributed by atoms with Crippen LogP contribution in [0.2, 0.25) is 0 Å². The minimum atomic E-state index is -0.480. The van der Waals surface area contributed by atoms with Crippen LogP contribution >= 0.6 is 0 Å². The zero-order chi connectivity index (χ0) is 13.1. The molecule has 1 aromatic heterocycles. The van der Waals surface area contributed by atoms with E-state index in [0.29, 0.717) is 5.56 Å². The molecule has 0 aliphatic heterocycles. The molecule has 1 amide bonds. The molecule has 1 fully saturated rings. The molecule has 98 valence electrons. The van der Waals surface area contributed by atoms with E-state index in [0.717, 1.165) is 31.9 Å². The van der Waals surface area contributed by atoms with Gasteiger partial charge in [0.25, 0.3) is 5.91 Å². The van der Waals surface area contributed by atoms with Crippen molar-refractivity contribution in [3.05, 3.63) is 34.4 Å². The van der Waals surface area contributed by atoms with Crippen molar-refractivity contribution in [2.24, 2.45) is 0 Å². The van der Waals surface area contributed by atoms with Gasteiger partial charge in [-0.05, 0) is 18.9 Å². The van der Waals surface area contributed by atoms with Crippen molar-refractivity contribution in [3.63, 3.8) is 0 Å². The maximum atomic E-state index is 12.2. The summed E-state index contributed by atoms with van der Waals surface area (Å²) in [5.41, 5.74) is -0.151. The number of hydrogen-bond acceptors (Lipinski definition) is 4. The van der Waals surface area contributed by atoms with Gasteiger partial charge in [-0.25, -0.2) is 4.79 Å². The van der Waals surface area contributed by atoms with Gasteiger partial charge in [-0.2, -0.15) is 0 Å². The molecule has 0 spiro atoms. The quantitative estimate of drug-likeness (QED) is 0.851. The third kappa shape index (κ3) is 2.61. The lowest BCUT2D eigenvalue weighted by Crippen LogP contribution is -2.46. The predicted molar refractivity (Wildman–Crippen MR) is 65.3 cm³/mol. The smallest absolute Gasteiger partial charge is 0.335 e. The highest BCUT2D eigenvalue weighted by molar-refractivity contribution is 5.93. The van der Waals surface area contributed by atoms with Crippen molar-refractivity contribution in [2.45, 2.75) is 37.8 Å². The van der Waals surface area contributed by atoms with Crippen LogP contribution in [-0.2, 0) is 0 Å². The molecule has 2 rings (SSSR count). The first-order valence-corrected chi connectivity index (χ1v) is 6.13. The molecule has 2 unspecified atom stereocenters. The Morgan fingerprint density at radius 3 is 2.72 bits per heavy atom. The topological polar surface area (TPSA) is 70.8 Å². The van der Waals surface area contributed by atoms with Crippen LogP contribution in [0.25, 0.3) is 0 Å². The lowest BCUT2D eigenvalue weighted by Gasteiger charge is -2.35. The lowest BCUT2D eigenvalue weighted by atomic mass is 9.91. The highest BCUT2D eigenvalue weighted by atomic mass is 16.4. The minimum absolute atomic E-state index is 0.154. The van der Waals surface area contributed by atoms with E-state index in [1.54, 1.807) is 11.9 Å². The summed E-state index contributed by atoms with van der Waals surface area (Å²) in [6.45, 7) is 0. The Balaban J connectivity index is 2.12. The number of likely N-dealkylation sites (N-methyl/N-ethyl adjacent to an activating group) is 1. The van der Waals surface area contributed by atoms with Crippen LogP contribution in [0, 0.1) is 0 Å². The molecular formula is C13H17NO4. The van der Waals surface area contributed by atoms with Crippen molar-refractivity contribution < 1.29 is 14.3 Å². The summed E-state index contributed by atoms with van der Waals surface area (Å²) >= 11 is 0. The van der Waals surface area contributed by atoms with Crippen LogP contribution < -0.4 is 5.63 Å². The molecule has 18 heavy (non-hydrogen) atoms. The van der Waals surface area contributed by atoms with Gasteiger partial charge >= 0.3 is 5.63 Å². The Labute approximate surface area is 105 Å². The molecule has 1 aliphatic carbocycles. The molecule has 5 heteroatoms. The number of amides is 1. The number of rotatable bonds is 2. The maximum absolute atomic E-state index is 12.2. The standard InChI is InChI=1S/C13H17NO4/c1-14(10-4-2-3-5-11(10)15)13(17)9-6-7-12(16)18-8-9/h6-8,10-11,15H,2-5H2,1H3. The van der Waals surface area contributed by atoms with Gasteiger partial charge in [0.2, 0.25) is 0 Å². The predicted octanol–water partition coefficient (Wildman–Crippen LogP) is 1.02. The minimum Gasteiger partial charge on any atom is -0.430 e. The van der Waals surface area contributed by atoms with E-state index < -0.39 is 11.7 Å². The first kappa shape index (κ1) is 12.8. The van der Waals surface area contributed by atoms with E-state index in [9.17, 15) is 14.7 Å². The number of aliphatic hydroxyl groups is 1. The molecule has 0 radical (unpaired) electrons. The summed E-state index contributed by atoms with van der Waals surface area (Å²) in [5.74, 6) is -0.232. The molecule has 0 aromatic carbocycles. The summed E-state index contributed by atoms with van der Waals surface area (Å²) in [6, 6.07) is 2.51. The normalized spacial score (nSPS) is 23.7. The van der Waals surface area contributed by atoms with Gasteiger partial charge in [0.15, 0.2) is 0 Å². The van der Waals surface area contributed by atoms with E-state index in [2.05, 4.69) is 4.42 Å². The molecule has 2 atom stereocenters. The average Bonchev–Trinajstić information content (AvgIpc) is 2.38. The van der Waals surface area contributed by atoms with Crippen LogP contribution in [0.4, 0.5) is 0 Å². The second-order valence-electron chi connectivity index (χ2n) is 4.68. The highest BCUT2D eigenvalue weighted by Gasteiger charge is 2.29. The summed E-state index contributed by atoms with van der Waals surface area (Å²) < 4.78 is 4.68. The molecule has 5 nitrogen and oxygen atoms in total. The van der Waals surface area contributed by atoms with Gasteiger partial charge in [-0.1, -0.05) is 12.8 Å². The molecule has 1 saturated carbocycles. The fourth-order valence-corrected chi connectivity index (χ4v) is 2.38. The van der Waals surface area contributed by atoms with Crippen LogP contribution in [0.3, 0.4) is 0 Å². The maximum Gasteiger partial charge on any atom is 0.335 e. The summed E-state index contributed by atoms with van der Waals surface area (Å²) in [5, 5.41) is 9.91. The van der Waals surface area contributed by atoms with Crippen LogP contribution in [0.15, 0.2) is 27.6 Å². The number of carbonyl (C=O) groups excluding carboxylic acids is 1. The van der Waals surface area contributed by atoms with Gasteiger partial charge in [0, 0.05) is 13.1 Å². The third-order valence-electron chi connectivity index (χ3n) is 3.46. The second kappa shape index (κ2) is 5.35. The number of aliphatic hydroxyl groups excluding tert-OH is 1. The van der Waals surface area contributed by atoms with Crippen LogP contribution in [-0.4, -0.2) is 35.1 Å². The van der Waals surface area contributed by atoms with E-state index in [1.807, 2.05) is 0 Å². The number of hydrogen-bond donors (Lipinski definition) is 1. The number of nitrogens with zero attached hydrogens (tertiary/aromatic N) is 1. The van der Waals surface area contributed by atoms with Gasteiger partial charge in [-0.15, -0.1) is 0 Å². The van der Waals surface area contributed by atoms with Crippen LogP contribution in [0.1, 0.15) is 36.0 Å². The van der Waals surface area contributed by atoms with E-state index in [4.69, 9.17) is 0 Å². The molecule has 0 saturated heterocycles. The van der Waals surface area contributed by atoms with Gasteiger partial charge in [-0.3, -0.25) is 4.79 Å². The Hall–Kier alpha value is -1.62. The van der Waals surface area contributed by atoms with Gasteiger partial charge < -0.3 is 14.4 Å². The second-order valence-corrected chi connectivity index (χ2v) is 4.68. The van der Waals surface area contributed by atoms with Crippen molar-refractivity contribution in [1.29, 1.82) is 0 Å². The highest BCUT2D eigenvalue weighted by Crippen LogP contribution is 2.23. The summed E-state index contributed by atoms with van der Waals surface area (Å²) in [7, 11) is 1.67. The Bertz CT molecular complexity index is 462. The third-order valence-corrected chi connectivity index (χ3v) is 3.46. The lowest BCUT2D eigenvalue weighted by molar-refractivity contribution is 0.0266. The van der Waals surface area contributed by atoms with E-state index in [-0.39, 0.29) is 11.9 Å². The first-order chi connectivity index (χ1) is 8.59. The van der Waals surface area contributed by atoms with E-state index >= 15 is 0 Å². The largest absolute Gasteiger partial charge is 0.430 e. The average molecular weight is 251 g/mol. The molecule has 0 bridgehead atoms. The van der Waals surface area contributed by atoms with Crippen molar-refractivity contribution in [2.75, 3.05) is 7.05 Å². The van der Waals surface area contributed by atoms with Gasteiger partial charge in [0.05, 0.1) is 17.7 Å². The molecular weight excluding hydrogens is 234 g/mol. The van der Waals surface area contributed by atoms with Crippen molar-refractivity contribution >= 4 is 5.91 Å². The SMILES string of the molecule is CN(C(=O)c1ccc(=O)oc1)C1CCCCC1O. The molecule has 1 N–H and O–H groups in total. The zero-order valence-corrected chi connectivity index (χ0v) is 10.3. The van der Waals surface area contributed by atoms with E-state index in [1.165, 1.54) is 12.1 Å². The van der Waals surface area contributed by atoms with Gasteiger partial charge in [0.1, 0.15) is 6.26 Å². The Morgan fingerprint density at radius 2 is 2.11 bits per heavy atom. The number of carbonyl (C=O) groups is 1. The summed E-state index contributed by atoms with van der Waals surface area (Å²) in [4.78, 5) is 24.5. The fraction of sp³-hybridized carbons (Fsp3) is 0.538. The van der Waals surface area contributed by atoms with Crippen molar-refractivity contribution in [1.82, 2.24) is 4.90 Å². The first-order valence-electron chi connectivity index (χ1n) is 6.13. The molecule has 1 aliphatic rings. The van der Waals surface area contributed by atoms with Crippen molar-refractivity contribution in [3.8, 4) is 0 Å². The molecule has 1 heterocycles. The Kier molecular flexibility index (Phi) is 3.81. The Morgan fingerprint density at radius 1 is 1.39 bits per heavy atom.